The molecule has 0 fully saturated rings. The summed E-state index contributed by atoms with van der Waals surface area (Å²) < 4.78 is 9.47. The van der Waals surface area contributed by atoms with E-state index in [4.69, 9.17) is 15.0 Å². The van der Waals surface area contributed by atoms with E-state index in [1.165, 1.54) is 16.2 Å². The van der Waals surface area contributed by atoms with Crippen molar-refractivity contribution in [3.8, 4) is 74.1 Å². The molecule has 0 bridgehead atoms. The summed E-state index contributed by atoms with van der Waals surface area (Å²) in [7, 11) is 0. The van der Waals surface area contributed by atoms with E-state index < -0.39 is 0 Å². The first-order valence-corrected chi connectivity index (χ1v) is 28.2. The van der Waals surface area contributed by atoms with Crippen LogP contribution in [0.25, 0.3) is 155 Å². The summed E-state index contributed by atoms with van der Waals surface area (Å²) >= 11 is 0. The van der Waals surface area contributed by atoms with Crippen LogP contribution in [0, 0.1) is 11.3 Å². The Hall–Kier alpha value is -11.7. The lowest BCUT2D eigenvalue weighted by atomic mass is 9.97. The van der Waals surface area contributed by atoms with Crippen LogP contribution in [0.3, 0.4) is 0 Å². The minimum atomic E-state index is 0.529. The molecule has 0 N–H and O–H groups in total. The van der Waals surface area contributed by atoms with Gasteiger partial charge in [-0.3, -0.25) is 0 Å². The first-order valence-electron chi connectivity index (χ1n) is 28.2. The molecule has 0 unspecified atom stereocenters. The molecule has 0 spiro atoms. The summed E-state index contributed by atoms with van der Waals surface area (Å²) in [6, 6.07) is 101. The Morgan fingerprint density at radius 2 is 0.655 bits per heavy atom. The average molecular weight is 1070 g/mol. The van der Waals surface area contributed by atoms with Gasteiger partial charge in [-0.05, 0) is 96.6 Å². The van der Waals surface area contributed by atoms with Crippen LogP contribution in [0.15, 0.2) is 279 Å². The van der Waals surface area contributed by atoms with Crippen LogP contribution in [-0.4, -0.2) is 33.2 Å². The molecule has 0 aliphatic carbocycles. The molecule has 8 heteroatoms. The van der Waals surface area contributed by atoms with Crippen LogP contribution < -0.4 is 0 Å². The molecule has 84 heavy (non-hydrogen) atoms. The van der Waals surface area contributed by atoms with Crippen LogP contribution in [0.2, 0.25) is 0 Å². The van der Waals surface area contributed by atoms with Gasteiger partial charge in [0.2, 0.25) is 0 Å². The van der Waals surface area contributed by atoms with Gasteiger partial charge < -0.3 is 18.3 Å². The Kier molecular flexibility index (Phi) is 10.5. The molecule has 0 aliphatic heterocycles. The quantitative estimate of drug-likeness (QED) is 0.152. The molecule has 0 saturated heterocycles. The Morgan fingerprint density at radius 1 is 0.262 bits per heavy atom. The molecule has 0 atom stereocenters. The molecule has 390 valence electrons. The number of hydrogen-bond donors (Lipinski definition) is 0. The Balaban J connectivity index is 0.983. The van der Waals surface area contributed by atoms with E-state index in [2.05, 4.69) is 231 Å². The van der Waals surface area contributed by atoms with Crippen LogP contribution in [0.4, 0.5) is 0 Å². The van der Waals surface area contributed by atoms with E-state index >= 15 is 0 Å². The van der Waals surface area contributed by atoms with Gasteiger partial charge in [0, 0.05) is 76.7 Å². The molecule has 0 saturated carbocycles. The molecule has 8 nitrogen and oxygen atoms in total. The van der Waals surface area contributed by atoms with Crippen molar-refractivity contribution < 1.29 is 0 Å². The van der Waals surface area contributed by atoms with Gasteiger partial charge >= 0.3 is 0 Å². The zero-order valence-electron chi connectivity index (χ0n) is 45.1. The summed E-state index contributed by atoms with van der Waals surface area (Å²) in [4.78, 5) is 15.9. The zero-order valence-corrected chi connectivity index (χ0v) is 45.1. The first kappa shape index (κ1) is 47.2. The smallest absolute Gasteiger partial charge is 0.166 e. The summed E-state index contributed by atoms with van der Waals surface area (Å²) in [6.07, 6.45) is 0. The second-order valence-electron chi connectivity index (χ2n) is 21.4. The highest BCUT2D eigenvalue weighted by atomic mass is 15.1. The topological polar surface area (TPSA) is 82.2 Å². The molecular weight excluding hydrogens is 1020 g/mol. The highest BCUT2D eigenvalue weighted by Crippen LogP contribution is 2.46. The number of nitrogens with zero attached hydrogens (tertiary/aromatic N) is 8. The normalized spacial score (nSPS) is 11.8. The van der Waals surface area contributed by atoms with Crippen LogP contribution in [0.5, 0.6) is 0 Å². The predicted molar refractivity (Wildman–Crippen MR) is 344 cm³/mol. The minimum Gasteiger partial charge on any atom is -0.309 e. The van der Waals surface area contributed by atoms with E-state index in [0.717, 1.165) is 122 Å². The molecule has 0 aliphatic rings. The molecule has 17 rings (SSSR count). The van der Waals surface area contributed by atoms with Crippen LogP contribution >= 0.6 is 0 Å². The first-order chi connectivity index (χ1) is 41.6. The van der Waals surface area contributed by atoms with Crippen molar-refractivity contribution in [3.63, 3.8) is 0 Å². The summed E-state index contributed by atoms with van der Waals surface area (Å²) in [5.41, 5.74) is 17.2. The van der Waals surface area contributed by atoms with Gasteiger partial charge in [-0.15, -0.1) is 0 Å². The number of aromatic nitrogens is 7. The van der Waals surface area contributed by atoms with E-state index in [1.807, 2.05) is 72.8 Å². The standard InChI is InChI=1S/C76H46N8/c77-47-51-26-21-35-54(73(51)84-67-39-20-16-34-58(67)63-44-61-56-32-14-18-37-65(56)82(70(61)46-72(63)84)53-29-11-4-12-30-53)50-40-41-59(76-79-74(48-22-5-1-6-23-48)78-75(80-76)49-24-7-2-8-25-49)68(42-50)83-66-38-19-15-33-57(66)62-43-60-55-31-13-17-36-64(55)81(69(60)45-71(62)83)52-27-9-3-10-28-52/h1-46H. The van der Waals surface area contributed by atoms with Gasteiger partial charge in [0.15, 0.2) is 17.5 Å². The van der Waals surface area contributed by atoms with Gasteiger partial charge in [-0.25, -0.2) is 15.0 Å². The van der Waals surface area contributed by atoms with Gasteiger partial charge in [0.1, 0.15) is 6.07 Å². The zero-order chi connectivity index (χ0) is 55.4. The second kappa shape index (κ2) is 18.7. The van der Waals surface area contributed by atoms with Crippen molar-refractivity contribution >= 4 is 87.2 Å². The number of rotatable bonds is 8. The summed E-state index contributed by atoms with van der Waals surface area (Å²) in [5, 5.41) is 20.5. The van der Waals surface area contributed by atoms with Gasteiger partial charge in [-0.1, -0.05) is 188 Å². The predicted octanol–water partition coefficient (Wildman–Crippen LogP) is 18.8. The summed E-state index contributed by atoms with van der Waals surface area (Å²) in [5.74, 6) is 1.67. The van der Waals surface area contributed by atoms with Gasteiger partial charge in [-0.2, -0.15) is 5.26 Å². The molecule has 5 aromatic heterocycles. The van der Waals surface area contributed by atoms with Crippen molar-refractivity contribution in [1.29, 1.82) is 5.26 Å². The highest BCUT2D eigenvalue weighted by Gasteiger charge is 2.26. The van der Waals surface area contributed by atoms with Crippen molar-refractivity contribution in [2.24, 2.45) is 0 Å². The Bertz CT molecular complexity index is 5490. The third-order valence-corrected chi connectivity index (χ3v) is 16.8. The fourth-order valence-electron chi connectivity index (χ4n) is 13.2. The molecular formula is C76H46N8. The minimum absolute atomic E-state index is 0.529. The molecule has 12 aromatic carbocycles. The number of para-hydroxylation sites is 7. The third kappa shape index (κ3) is 7.16. The maximum Gasteiger partial charge on any atom is 0.166 e. The van der Waals surface area contributed by atoms with E-state index in [0.29, 0.717) is 23.0 Å². The molecule has 0 amide bonds. The van der Waals surface area contributed by atoms with Crippen molar-refractivity contribution in [1.82, 2.24) is 33.2 Å². The second-order valence-corrected chi connectivity index (χ2v) is 21.4. The van der Waals surface area contributed by atoms with E-state index in [-0.39, 0.29) is 0 Å². The van der Waals surface area contributed by atoms with E-state index in [9.17, 15) is 5.26 Å². The van der Waals surface area contributed by atoms with Crippen LogP contribution in [0.1, 0.15) is 5.56 Å². The maximum absolute atomic E-state index is 11.4. The van der Waals surface area contributed by atoms with Gasteiger partial charge in [0.25, 0.3) is 0 Å². The van der Waals surface area contributed by atoms with Crippen molar-refractivity contribution in [2.75, 3.05) is 0 Å². The maximum atomic E-state index is 11.4. The van der Waals surface area contributed by atoms with Gasteiger partial charge in [0.05, 0.1) is 61.1 Å². The van der Waals surface area contributed by atoms with E-state index in [1.54, 1.807) is 0 Å². The lowest BCUT2D eigenvalue weighted by Gasteiger charge is -2.19. The number of fused-ring (bicyclic) bond motifs is 12. The monoisotopic (exact) mass is 1070 g/mol. The lowest BCUT2D eigenvalue weighted by molar-refractivity contribution is 1.06. The fraction of sp³-hybridized carbons (Fsp3) is 0. The number of hydrogen-bond acceptors (Lipinski definition) is 4. The summed E-state index contributed by atoms with van der Waals surface area (Å²) in [6.45, 7) is 0. The number of nitriles is 1. The Morgan fingerprint density at radius 3 is 1.13 bits per heavy atom. The largest absolute Gasteiger partial charge is 0.309 e. The SMILES string of the molecule is N#Cc1cccc(-c2ccc(-c3nc(-c4ccccc4)nc(-c4ccccc4)n3)c(-n3c4ccccc4c4cc5c6ccccc6n(-c6ccccc6)c5cc43)c2)c1-n1c2ccccc2c2cc3c4ccccc4n(-c4ccccc4)c3cc21. The van der Waals surface area contributed by atoms with Crippen molar-refractivity contribution in [2.45, 2.75) is 0 Å². The van der Waals surface area contributed by atoms with Crippen molar-refractivity contribution in [3.05, 3.63) is 285 Å². The molecule has 5 heterocycles. The molecule has 0 radical (unpaired) electrons. The molecule has 17 aromatic rings. The highest BCUT2D eigenvalue weighted by molar-refractivity contribution is 6.21. The average Bonchev–Trinajstić information content (AvgIpc) is 2.02. The Labute approximate surface area is 481 Å². The third-order valence-electron chi connectivity index (χ3n) is 16.8. The van der Waals surface area contributed by atoms with Crippen LogP contribution in [-0.2, 0) is 0 Å². The lowest BCUT2D eigenvalue weighted by Crippen LogP contribution is -2.05. The number of benzene rings is 12. The fourth-order valence-corrected chi connectivity index (χ4v) is 13.2.